The van der Waals surface area contributed by atoms with E-state index in [1.165, 1.54) is 12.5 Å². The summed E-state index contributed by atoms with van der Waals surface area (Å²) < 4.78 is 12.6. The van der Waals surface area contributed by atoms with E-state index in [0.717, 1.165) is 62.5 Å². The Hall–Kier alpha value is -2.71. The standard InChI is InChI=1S/C47H68ClNO7/c1-28(2)39-33(51)24-47(37(55-29(3)50)27-49(11)26-30-12-14-31(48)15-13-30)23-22-45(9)32(40(39)47)16-17-35-44(8)20-19-36(56-38(52)25-42(4,5)41(53)54)43(6,7)34(44)18-21-46(35,45)10/h12-15,28,32,34-37H,16-27H2,1-11H3,(H,53,54)/t32-,34+,35-,36+,37?,44+,45-,46-,47+/m1/s1. The van der Waals surface area contributed by atoms with Crippen molar-refractivity contribution in [3.8, 4) is 0 Å². The fraction of sp³-hybridized carbons (Fsp3) is 0.745. The van der Waals surface area contributed by atoms with Gasteiger partial charge in [-0.25, -0.2) is 0 Å². The highest BCUT2D eigenvalue weighted by molar-refractivity contribution is 6.30. The average Bonchev–Trinajstić information content (AvgIpc) is 3.40. The van der Waals surface area contributed by atoms with Crippen LogP contribution in [-0.4, -0.2) is 59.5 Å². The number of halogens is 1. The Morgan fingerprint density at radius 1 is 0.929 bits per heavy atom. The molecule has 56 heavy (non-hydrogen) atoms. The lowest BCUT2D eigenvalue weighted by molar-refractivity contribution is -0.235. The number of Topliss-reactive ketones (excluding diaryl/α,β-unsaturated/α-hetero) is 1. The number of rotatable bonds is 11. The highest BCUT2D eigenvalue weighted by Gasteiger charge is 2.71. The van der Waals surface area contributed by atoms with Crippen LogP contribution in [0.4, 0.5) is 0 Å². The molecule has 5 aliphatic carbocycles. The van der Waals surface area contributed by atoms with E-state index in [2.05, 4.69) is 60.4 Å². The number of fused-ring (bicyclic) bond motifs is 7. The van der Waals surface area contributed by atoms with E-state index in [1.54, 1.807) is 13.8 Å². The van der Waals surface area contributed by atoms with Crippen LogP contribution in [0.15, 0.2) is 35.4 Å². The first-order valence-electron chi connectivity index (χ1n) is 21.2. The molecular weight excluding hydrogens is 726 g/mol. The molecular formula is C47H68ClNO7. The van der Waals surface area contributed by atoms with Crippen LogP contribution in [0.3, 0.4) is 0 Å². The summed E-state index contributed by atoms with van der Waals surface area (Å²) in [5.74, 6) is -0.421. The number of aliphatic carboxylic acids is 1. The van der Waals surface area contributed by atoms with Crippen molar-refractivity contribution < 1.29 is 33.8 Å². The minimum atomic E-state index is -1.18. The Morgan fingerprint density at radius 3 is 2.20 bits per heavy atom. The average molecular weight is 795 g/mol. The number of carboxylic acid groups (broad SMARTS) is 1. The van der Waals surface area contributed by atoms with Crippen LogP contribution in [0.25, 0.3) is 0 Å². The summed E-state index contributed by atoms with van der Waals surface area (Å²) in [5, 5.41) is 10.3. The maximum Gasteiger partial charge on any atom is 0.309 e. The van der Waals surface area contributed by atoms with E-state index in [0.29, 0.717) is 36.4 Å². The van der Waals surface area contributed by atoms with Gasteiger partial charge in [0.25, 0.3) is 0 Å². The van der Waals surface area contributed by atoms with Crippen molar-refractivity contribution >= 4 is 35.3 Å². The lowest BCUT2D eigenvalue weighted by atomic mass is 9.33. The maximum absolute atomic E-state index is 14.4. The minimum absolute atomic E-state index is 0.0153. The SMILES string of the molecule is CC(=O)OC(CN(C)Cc1ccc(Cl)cc1)[C@@]12CC[C@]3(C)[C@H](CC[C@@H]4[C@@]5(C)CC[C@H](OC(=O)CC(C)(C)C(=O)O)C(C)(C)[C@@H]5CC[C@]43C)C1=C(C(C)C)C(=O)C2. The van der Waals surface area contributed by atoms with Gasteiger partial charge in [0.15, 0.2) is 5.78 Å². The van der Waals surface area contributed by atoms with E-state index in [4.69, 9.17) is 21.1 Å². The van der Waals surface area contributed by atoms with E-state index in [9.17, 15) is 24.3 Å². The molecule has 8 nitrogen and oxygen atoms in total. The zero-order valence-electron chi connectivity index (χ0n) is 36.0. The Morgan fingerprint density at radius 2 is 1.59 bits per heavy atom. The van der Waals surface area contributed by atoms with Gasteiger partial charge >= 0.3 is 17.9 Å². The first-order valence-corrected chi connectivity index (χ1v) is 21.6. The molecule has 6 rings (SSSR count). The Kier molecular flexibility index (Phi) is 11.4. The summed E-state index contributed by atoms with van der Waals surface area (Å²) >= 11 is 6.19. The van der Waals surface area contributed by atoms with Crippen LogP contribution < -0.4 is 0 Å². The number of likely N-dealkylation sites (N-methyl/N-ethyl adjacent to an activating group) is 1. The maximum atomic E-state index is 14.4. The van der Waals surface area contributed by atoms with Gasteiger partial charge in [-0.1, -0.05) is 72.2 Å². The predicted octanol–water partition coefficient (Wildman–Crippen LogP) is 10.1. The molecule has 310 valence electrons. The number of nitrogens with zero attached hydrogens (tertiary/aromatic N) is 1. The minimum Gasteiger partial charge on any atom is -0.481 e. The molecule has 1 aromatic rings. The molecule has 0 spiro atoms. The summed E-state index contributed by atoms with van der Waals surface area (Å²) in [6, 6.07) is 7.86. The predicted molar refractivity (Wildman–Crippen MR) is 219 cm³/mol. The molecule has 0 aromatic heterocycles. The van der Waals surface area contributed by atoms with Gasteiger partial charge in [0.1, 0.15) is 12.2 Å². The molecule has 0 radical (unpaired) electrons. The van der Waals surface area contributed by atoms with Crippen LogP contribution in [0, 0.1) is 56.2 Å². The molecule has 0 saturated heterocycles. The molecule has 0 amide bonds. The largest absolute Gasteiger partial charge is 0.481 e. The number of esters is 2. The Bertz CT molecular complexity index is 1760. The number of ketones is 1. The lowest BCUT2D eigenvalue weighted by Gasteiger charge is -2.72. The topological polar surface area (TPSA) is 110 Å². The van der Waals surface area contributed by atoms with Crippen LogP contribution in [0.2, 0.25) is 5.02 Å². The number of carboxylic acids is 1. The smallest absolute Gasteiger partial charge is 0.309 e. The molecule has 1 unspecified atom stereocenters. The fourth-order valence-corrected chi connectivity index (χ4v) is 13.8. The number of hydrogen-bond acceptors (Lipinski definition) is 7. The molecule has 5 aliphatic rings. The van der Waals surface area contributed by atoms with Crippen molar-refractivity contribution in [2.75, 3.05) is 13.6 Å². The lowest BCUT2D eigenvalue weighted by Crippen LogP contribution is -2.66. The molecule has 4 saturated carbocycles. The highest BCUT2D eigenvalue weighted by Crippen LogP contribution is 2.77. The van der Waals surface area contributed by atoms with Crippen LogP contribution >= 0.6 is 11.6 Å². The van der Waals surface area contributed by atoms with Crippen molar-refractivity contribution in [2.45, 2.75) is 152 Å². The van der Waals surface area contributed by atoms with E-state index in [-0.39, 0.29) is 57.8 Å². The van der Waals surface area contributed by atoms with Crippen molar-refractivity contribution in [2.24, 2.45) is 56.2 Å². The third-order valence-electron chi connectivity index (χ3n) is 16.6. The molecule has 1 aromatic carbocycles. The van der Waals surface area contributed by atoms with Gasteiger partial charge in [-0.3, -0.25) is 24.1 Å². The Labute approximate surface area is 340 Å². The highest BCUT2D eigenvalue weighted by atomic mass is 35.5. The van der Waals surface area contributed by atoms with Crippen molar-refractivity contribution in [3.05, 3.63) is 46.0 Å². The number of carbonyl (C=O) groups excluding carboxylic acids is 3. The second-order valence-corrected chi connectivity index (χ2v) is 21.4. The first kappa shape index (κ1) is 42.9. The summed E-state index contributed by atoms with van der Waals surface area (Å²) in [7, 11) is 2.07. The molecule has 0 aliphatic heterocycles. The van der Waals surface area contributed by atoms with Gasteiger partial charge in [-0.15, -0.1) is 0 Å². The molecule has 4 fully saturated rings. The van der Waals surface area contributed by atoms with Crippen molar-refractivity contribution in [1.29, 1.82) is 0 Å². The van der Waals surface area contributed by atoms with Crippen molar-refractivity contribution in [3.63, 3.8) is 0 Å². The zero-order chi connectivity index (χ0) is 41.4. The quantitative estimate of drug-likeness (QED) is 0.221. The third kappa shape index (κ3) is 6.98. The van der Waals surface area contributed by atoms with Crippen LogP contribution in [0.1, 0.15) is 139 Å². The van der Waals surface area contributed by atoms with Gasteiger partial charge < -0.3 is 14.6 Å². The van der Waals surface area contributed by atoms with Gasteiger partial charge in [-0.05, 0) is 141 Å². The monoisotopic (exact) mass is 793 g/mol. The summed E-state index contributed by atoms with van der Waals surface area (Å²) in [5.41, 5.74) is 1.42. The number of ether oxygens (including phenoxy) is 2. The van der Waals surface area contributed by atoms with Gasteiger partial charge in [0.2, 0.25) is 0 Å². The van der Waals surface area contributed by atoms with Crippen LogP contribution in [0.5, 0.6) is 0 Å². The molecule has 1 N–H and O–H groups in total. The summed E-state index contributed by atoms with van der Waals surface area (Å²) in [4.78, 5) is 54.5. The normalized spacial score (nSPS) is 35.6. The summed E-state index contributed by atoms with van der Waals surface area (Å²) in [6.07, 6.45) is 7.18. The van der Waals surface area contributed by atoms with Crippen molar-refractivity contribution in [1.82, 2.24) is 4.90 Å². The molecule has 0 bridgehead atoms. The second kappa shape index (κ2) is 14.8. The van der Waals surface area contributed by atoms with E-state index < -0.39 is 28.9 Å². The number of carbonyl (C=O) groups is 4. The number of allylic oxidation sites excluding steroid dienone is 1. The van der Waals surface area contributed by atoms with Gasteiger partial charge in [-0.2, -0.15) is 0 Å². The number of benzene rings is 1. The van der Waals surface area contributed by atoms with Gasteiger partial charge in [0, 0.05) is 42.3 Å². The summed E-state index contributed by atoms with van der Waals surface area (Å²) in [6.45, 7) is 22.3. The third-order valence-corrected chi connectivity index (χ3v) is 16.9. The molecule has 9 atom stereocenters. The zero-order valence-corrected chi connectivity index (χ0v) is 36.7. The fourth-order valence-electron chi connectivity index (χ4n) is 13.7. The Balaban J connectivity index is 1.31. The second-order valence-electron chi connectivity index (χ2n) is 21.0. The van der Waals surface area contributed by atoms with Gasteiger partial charge in [0.05, 0.1) is 11.8 Å². The first-order chi connectivity index (χ1) is 25.9. The van der Waals surface area contributed by atoms with E-state index in [1.807, 2.05) is 24.3 Å². The molecule has 9 heteroatoms. The molecule has 0 heterocycles. The van der Waals surface area contributed by atoms with E-state index >= 15 is 0 Å². The number of hydrogen-bond donors (Lipinski definition) is 1. The van der Waals surface area contributed by atoms with Crippen LogP contribution in [-0.2, 0) is 35.2 Å².